The predicted octanol–water partition coefficient (Wildman–Crippen LogP) is 2.50. The Hall–Kier alpha value is -3.34. The molecule has 0 aliphatic carbocycles. The van der Waals surface area contributed by atoms with Crippen LogP contribution in [0, 0.1) is 11.3 Å². The highest BCUT2D eigenvalue weighted by atomic mass is 16.5. The number of nitrogens with zero attached hydrogens (tertiary/aromatic N) is 1. The Morgan fingerprint density at radius 1 is 1.32 bits per heavy atom. The van der Waals surface area contributed by atoms with Crippen molar-refractivity contribution < 1.29 is 28.5 Å². The summed E-state index contributed by atoms with van der Waals surface area (Å²) in [7, 11) is 1.50. The molecule has 8 heteroatoms. The first-order chi connectivity index (χ1) is 13.5. The summed E-state index contributed by atoms with van der Waals surface area (Å²) in [6.07, 6.45) is 0.743. The number of esters is 1. The molecule has 0 aromatic heterocycles. The first kappa shape index (κ1) is 19.4. The van der Waals surface area contributed by atoms with Gasteiger partial charge in [-0.25, -0.2) is 4.79 Å². The number of nitriles is 1. The van der Waals surface area contributed by atoms with Gasteiger partial charge in [-0.1, -0.05) is 0 Å². The molecule has 8 nitrogen and oxygen atoms in total. The number of ether oxygens (including phenoxy) is 5. The van der Waals surface area contributed by atoms with E-state index in [1.807, 2.05) is 0 Å². The van der Waals surface area contributed by atoms with E-state index in [0.717, 1.165) is 6.42 Å². The van der Waals surface area contributed by atoms with Gasteiger partial charge in [-0.15, -0.1) is 0 Å². The molecular formula is C20H22N2O6. The zero-order valence-electron chi connectivity index (χ0n) is 16.0. The summed E-state index contributed by atoms with van der Waals surface area (Å²) >= 11 is 0. The summed E-state index contributed by atoms with van der Waals surface area (Å²) in [5.41, 5.74) is 6.78. The van der Waals surface area contributed by atoms with Crippen molar-refractivity contribution in [3.8, 4) is 23.3 Å². The monoisotopic (exact) mass is 386 g/mol. The van der Waals surface area contributed by atoms with Crippen LogP contribution in [0.2, 0.25) is 0 Å². The quantitative estimate of drug-likeness (QED) is 0.785. The summed E-state index contributed by atoms with van der Waals surface area (Å²) in [6.45, 7) is 4.51. The Bertz CT molecular complexity index is 897. The minimum atomic E-state index is -0.815. The molecule has 148 valence electrons. The summed E-state index contributed by atoms with van der Waals surface area (Å²) in [5.74, 6) is 0.299. The van der Waals surface area contributed by atoms with E-state index in [1.165, 1.54) is 7.11 Å². The third-order valence-electron chi connectivity index (χ3n) is 4.51. The third-order valence-corrected chi connectivity index (χ3v) is 4.51. The highest BCUT2D eigenvalue weighted by molar-refractivity contribution is 5.93. The van der Waals surface area contributed by atoms with Crippen molar-refractivity contribution in [2.75, 3.05) is 26.9 Å². The van der Waals surface area contributed by atoms with Crippen LogP contribution >= 0.6 is 0 Å². The highest BCUT2D eigenvalue weighted by Gasteiger charge is 2.38. The number of fused-ring (bicyclic) bond motifs is 1. The maximum absolute atomic E-state index is 12.7. The lowest BCUT2D eigenvalue weighted by Crippen LogP contribution is -2.26. The Morgan fingerprint density at radius 2 is 2.00 bits per heavy atom. The van der Waals surface area contributed by atoms with Gasteiger partial charge in [0.05, 0.1) is 38.4 Å². The second-order valence-corrected chi connectivity index (χ2v) is 6.21. The molecule has 2 N–H and O–H groups in total. The van der Waals surface area contributed by atoms with E-state index in [0.29, 0.717) is 36.0 Å². The molecule has 0 spiro atoms. The molecule has 1 aromatic rings. The van der Waals surface area contributed by atoms with Gasteiger partial charge in [0.25, 0.3) is 0 Å². The van der Waals surface area contributed by atoms with Crippen LogP contribution in [0.4, 0.5) is 0 Å². The molecule has 0 amide bonds. The molecule has 1 atom stereocenters. The van der Waals surface area contributed by atoms with Crippen LogP contribution in [0.15, 0.2) is 34.9 Å². The molecule has 2 aliphatic rings. The lowest BCUT2D eigenvalue weighted by atomic mass is 9.82. The maximum Gasteiger partial charge on any atom is 0.338 e. The topological polar surface area (TPSA) is 113 Å². The Morgan fingerprint density at radius 3 is 2.61 bits per heavy atom. The number of methoxy groups -OCH3 is 1. The van der Waals surface area contributed by atoms with Crippen LogP contribution in [0.1, 0.15) is 31.7 Å². The lowest BCUT2D eigenvalue weighted by Gasteiger charge is -2.28. The van der Waals surface area contributed by atoms with Crippen molar-refractivity contribution in [1.29, 1.82) is 5.26 Å². The third kappa shape index (κ3) is 3.43. The fraction of sp³-hybridized carbons (Fsp3) is 0.400. The standard InChI is InChI=1S/C20H22N2O6/c1-4-25-20(23)17-11(2)28-19(22)13(10-21)18(17)12-8-15-16(9-14(12)24-3)27-7-5-6-26-15/h8-9,18H,4-7,22H2,1-3H3. The minimum Gasteiger partial charge on any atom is -0.496 e. The van der Waals surface area contributed by atoms with Crippen molar-refractivity contribution >= 4 is 5.97 Å². The number of carbonyl (C=O) groups excluding carboxylic acids is 1. The number of benzene rings is 1. The molecule has 0 fully saturated rings. The average Bonchev–Trinajstić information content (AvgIpc) is 2.91. The van der Waals surface area contributed by atoms with Crippen molar-refractivity contribution in [1.82, 2.24) is 0 Å². The Balaban J connectivity index is 2.22. The molecule has 1 unspecified atom stereocenters. The second-order valence-electron chi connectivity index (χ2n) is 6.21. The number of nitrogens with two attached hydrogens (primary N) is 1. The summed E-state index contributed by atoms with van der Waals surface area (Å²) in [4.78, 5) is 12.7. The highest BCUT2D eigenvalue weighted by Crippen LogP contribution is 2.47. The van der Waals surface area contributed by atoms with Gasteiger partial charge in [-0.3, -0.25) is 0 Å². The smallest absolute Gasteiger partial charge is 0.338 e. The van der Waals surface area contributed by atoms with Gasteiger partial charge in [-0.05, 0) is 19.9 Å². The Labute approximate surface area is 163 Å². The van der Waals surface area contributed by atoms with Crippen LogP contribution in [-0.4, -0.2) is 32.9 Å². The summed E-state index contributed by atoms with van der Waals surface area (Å²) in [5, 5.41) is 9.72. The number of hydrogen-bond acceptors (Lipinski definition) is 8. The van der Waals surface area contributed by atoms with E-state index in [-0.39, 0.29) is 29.4 Å². The SMILES string of the molecule is CCOC(=O)C1=C(C)OC(N)=C(C#N)C1c1cc2c(cc1OC)OCCCO2. The molecule has 2 aliphatic heterocycles. The Kier molecular flexibility index (Phi) is 5.64. The molecule has 0 radical (unpaired) electrons. The van der Waals surface area contributed by atoms with Crippen LogP contribution in [-0.2, 0) is 14.3 Å². The molecule has 0 saturated heterocycles. The predicted molar refractivity (Wildman–Crippen MR) is 98.6 cm³/mol. The van der Waals surface area contributed by atoms with Crippen LogP contribution in [0.5, 0.6) is 17.2 Å². The first-order valence-corrected chi connectivity index (χ1v) is 8.94. The number of carbonyl (C=O) groups is 1. The molecule has 28 heavy (non-hydrogen) atoms. The maximum atomic E-state index is 12.7. The molecular weight excluding hydrogens is 364 g/mol. The first-order valence-electron chi connectivity index (χ1n) is 8.94. The van der Waals surface area contributed by atoms with E-state index in [4.69, 9.17) is 29.4 Å². The van der Waals surface area contributed by atoms with E-state index in [2.05, 4.69) is 6.07 Å². The summed E-state index contributed by atoms with van der Waals surface area (Å²) < 4.78 is 27.6. The van der Waals surface area contributed by atoms with Gasteiger partial charge in [0.2, 0.25) is 5.88 Å². The van der Waals surface area contributed by atoms with Crippen LogP contribution in [0.25, 0.3) is 0 Å². The normalized spacial score (nSPS) is 18.7. The van der Waals surface area contributed by atoms with Crippen molar-refractivity contribution in [3.05, 3.63) is 40.5 Å². The van der Waals surface area contributed by atoms with E-state index in [9.17, 15) is 10.1 Å². The average molecular weight is 386 g/mol. The van der Waals surface area contributed by atoms with Crippen LogP contribution < -0.4 is 19.9 Å². The fourth-order valence-electron chi connectivity index (χ4n) is 3.27. The largest absolute Gasteiger partial charge is 0.496 e. The molecule has 0 saturated carbocycles. The van der Waals surface area contributed by atoms with E-state index >= 15 is 0 Å². The van der Waals surface area contributed by atoms with Gasteiger partial charge in [0.15, 0.2) is 11.5 Å². The zero-order valence-corrected chi connectivity index (χ0v) is 16.0. The zero-order chi connectivity index (χ0) is 20.3. The van der Waals surface area contributed by atoms with Crippen molar-refractivity contribution in [2.45, 2.75) is 26.2 Å². The van der Waals surface area contributed by atoms with E-state index < -0.39 is 11.9 Å². The molecule has 3 rings (SSSR count). The fourth-order valence-corrected chi connectivity index (χ4v) is 3.27. The van der Waals surface area contributed by atoms with Gasteiger partial charge < -0.3 is 29.4 Å². The van der Waals surface area contributed by atoms with E-state index in [1.54, 1.807) is 26.0 Å². The summed E-state index contributed by atoms with van der Waals surface area (Å²) in [6, 6.07) is 5.46. The van der Waals surface area contributed by atoms with Gasteiger partial charge >= 0.3 is 5.97 Å². The minimum absolute atomic E-state index is 0.0628. The second kappa shape index (κ2) is 8.13. The van der Waals surface area contributed by atoms with Crippen molar-refractivity contribution in [3.63, 3.8) is 0 Å². The molecule has 0 bridgehead atoms. The van der Waals surface area contributed by atoms with Gasteiger partial charge in [0.1, 0.15) is 23.2 Å². The number of hydrogen-bond donors (Lipinski definition) is 1. The number of rotatable bonds is 4. The number of allylic oxidation sites excluding steroid dienone is 2. The van der Waals surface area contributed by atoms with Gasteiger partial charge in [-0.2, -0.15) is 5.26 Å². The molecule has 1 aromatic carbocycles. The van der Waals surface area contributed by atoms with Gasteiger partial charge in [0, 0.05) is 18.1 Å². The molecule has 2 heterocycles. The lowest BCUT2D eigenvalue weighted by molar-refractivity contribution is -0.139. The van der Waals surface area contributed by atoms with Crippen LogP contribution in [0.3, 0.4) is 0 Å². The van der Waals surface area contributed by atoms with Crippen molar-refractivity contribution in [2.24, 2.45) is 5.73 Å².